The Morgan fingerprint density at radius 1 is 1.14 bits per heavy atom. The first-order chi connectivity index (χ1) is 14.3. The molecule has 1 fully saturated rings. The van der Waals surface area contributed by atoms with E-state index in [0.29, 0.717) is 31.7 Å². The van der Waals surface area contributed by atoms with Crippen molar-refractivity contribution in [3.05, 3.63) is 71.7 Å². The van der Waals surface area contributed by atoms with Crippen LogP contribution in [0, 0.1) is 0 Å². The lowest BCUT2D eigenvalue weighted by atomic mass is 10.1. The van der Waals surface area contributed by atoms with Crippen LogP contribution in [0.25, 0.3) is 5.69 Å². The molecular formula is C22H25N5O2. The number of hydrogen-bond acceptors (Lipinski definition) is 5. The van der Waals surface area contributed by atoms with Gasteiger partial charge in [0.05, 0.1) is 36.4 Å². The summed E-state index contributed by atoms with van der Waals surface area (Å²) in [5.41, 5.74) is 3.45. The number of ether oxygens (including phenoxy) is 1. The van der Waals surface area contributed by atoms with Gasteiger partial charge in [0, 0.05) is 31.4 Å². The van der Waals surface area contributed by atoms with Gasteiger partial charge in [-0.1, -0.05) is 31.2 Å². The number of benzene rings is 1. The molecule has 0 atom stereocenters. The first kappa shape index (κ1) is 19.1. The van der Waals surface area contributed by atoms with Crippen LogP contribution >= 0.6 is 0 Å². The van der Waals surface area contributed by atoms with Crippen molar-refractivity contribution < 1.29 is 9.53 Å². The van der Waals surface area contributed by atoms with Gasteiger partial charge in [0.1, 0.15) is 5.82 Å². The van der Waals surface area contributed by atoms with E-state index in [1.54, 1.807) is 12.4 Å². The average molecular weight is 391 g/mol. The monoisotopic (exact) mass is 391 g/mol. The first-order valence-corrected chi connectivity index (χ1v) is 9.95. The highest BCUT2D eigenvalue weighted by molar-refractivity contribution is 5.95. The number of aromatic nitrogens is 3. The molecule has 29 heavy (non-hydrogen) atoms. The first-order valence-electron chi connectivity index (χ1n) is 9.95. The van der Waals surface area contributed by atoms with Crippen LogP contribution in [-0.2, 0) is 17.7 Å². The maximum atomic E-state index is 12.9. The molecule has 1 N–H and O–H groups in total. The van der Waals surface area contributed by atoms with Gasteiger partial charge in [-0.15, -0.1) is 0 Å². The molecule has 1 aromatic carbocycles. The molecule has 2 aromatic heterocycles. The number of rotatable bonds is 6. The normalized spacial score (nSPS) is 14.0. The molecule has 0 bridgehead atoms. The van der Waals surface area contributed by atoms with E-state index in [-0.39, 0.29) is 5.91 Å². The van der Waals surface area contributed by atoms with E-state index in [1.165, 1.54) is 0 Å². The number of para-hydroxylation sites is 1. The standard InChI is InChI=1S/C22H25N5O2/c1-2-20-19(16-25-27(20)18-8-4-3-5-9-18)22(28)24-15-17-7-6-10-23-21(17)26-11-13-29-14-12-26/h3-10,16H,2,11-15H2,1H3,(H,24,28). The van der Waals surface area contributed by atoms with Crippen LogP contribution in [0.4, 0.5) is 5.82 Å². The Kier molecular flexibility index (Phi) is 5.86. The van der Waals surface area contributed by atoms with Crippen LogP contribution in [0.3, 0.4) is 0 Å². The smallest absolute Gasteiger partial charge is 0.255 e. The summed E-state index contributed by atoms with van der Waals surface area (Å²) in [4.78, 5) is 19.6. The van der Waals surface area contributed by atoms with Gasteiger partial charge in [0.15, 0.2) is 0 Å². The van der Waals surface area contributed by atoms with Gasteiger partial charge in [-0.2, -0.15) is 5.10 Å². The minimum absolute atomic E-state index is 0.124. The highest BCUT2D eigenvalue weighted by Gasteiger charge is 2.19. The molecule has 4 rings (SSSR count). The van der Waals surface area contributed by atoms with E-state index in [9.17, 15) is 4.79 Å². The maximum absolute atomic E-state index is 12.9. The third-order valence-corrected chi connectivity index (χ3v) is 5.07. The molecule has 1 amide bonds. The zero-order valence-corrected chi connectivity index (χ0v) is 16.5. The SMILES string of the molecule is CCc1c(C(=O)NCc2cccnc2N2CCOCC2)cnn1-c1ccccc1. The summed E-state index contributed by atoms with van der Waals surface area (Å²) in [7, 11) is 0. The molecule has 3 aromatic rings. The van der Waals surface area contributed by atoms with Gasteiger partial charge >= 0.3 is 0 Å². The Bertz CT molecular complexity index is 964. The van der Waals surface area contributed by atoms with Crippen molar-refractivity contribution in [2.75, 3.05) is 31.2 Å². The van der Waals surface area contributed by atoms with Crippen LogP contribution < -0.4 is 10.2 Å². The Morgan fingerprint density at radius 2 is 1.93 bits per heavy atom. The predicted octanol–water partition coefficient (Wildman–Crippen LogP) is 2.60. The molecule has 7 heteroatoms. The second kappa shape index (κ2) is 8.87. The molecular weight excluding hydrogens is 366 g/mol. The molecule has 0 saturated carbocycles. The van der Waals surface area contributed by atoms with Crippen LogP contribution in [0.1, 0.15) is 28.5 Å². The van der Waals surface area contributed by atoms with Crippen molar-refractivity contribution in [3.8, 4) is 5.69 Å². The van der Waals surface area contributed by atoms with E-state index in [0.717, 1.165) is 35.9 Å². The number of amides is 1. The third kappa shape index (κ3) is 4.14. The highest BCUT2D eigenvalue weighted by Crippen LogP contribution is 2.19. The predicted molar refractivity (Wildman–Crippen MR) is 111 cm³/mol. The Morgan fingerprint density at radius 3 is 2.69 bits per heavy atom. The number of carbonyl (C=O) groups is 1. The highest BCUT2D eigenvalue weighted by atomic mass is 16.5. The minimum Gasteiger partial charge on any atom is -0.378 e. The van der Waals surface area contributed by atoms with Gasteiger partial charge in [-0.05, 0) is 24.6 Å². The summed E-state index contributed by atoms with van der Waals surface area (Å²) in [6, 6.07) is 13.8. The van der Waals surface area contributed by atoms with Crippen LogP contribution in [0.2, 0.25) is 0 Å². The van der Waals surface area contributed by atoms with Crippen molar-refractivity contribution in [1.82, 2.24) is 20.1 Å². The molecule has 3 heterocycles. The fourth-order valence-electron chi connectivity index (χ4n) is 3.59. The van der Waals surface area contributed by atoms with Gasteiger partial charge in [0.25, 0.3) is 5.91 Å². The van der Waals surface area contributed by atoms with Gasteiger partial charge < -0.3 is 15.0 Å². The largest absolute Gasteiger partial charge is 0.378 e. The van der Waals surface area contributed by atoms with E-state index in [4.69, 9.17) is 4.74 Å². The lowest BCUT2D eigenvalue weighted by Crippen LogP contribution is -2.37. The molecule has 1 aliphatic rings. The lowest BCUT2D eigenvalue weighted by molar-refractivity contribution is 0.0949. The topological polar surface area (TPSA) is 72.3 Å². The maximum Gasteiger partial charge on any atom is 0.255 e. The number of nitrogens with one attached hydrogen (secondary N) is 1. The zero-order valence-electron chi connectivity index (χ0n) is 16.5. The fraction of sp³-hybridized carbons (Fsp3) is 0.318. The average Bonchev–Trinajstić information content (AvgIpc) is 3.23. The second-order valence-corrected chi connectivity index (χ2v) is 6.87. The molecule has 0 unspecified atom stereocenters. The Hall–Kier alpha value is -3.19. The van der Waals surface area contributed by atoms with Gasteiger partial charge in [-0.25, -0.2) is 9.67 Å². The van der Waals surface area contributed by atoms with Crippen molar-refractivity contribution in [2.45, 2.75) is 19.9 Å². The van der Waals surface area contributed by atoms with E-state index in [1.807, 2.05) is 54.1 Å². The summed E-state index contributed by atoms with van der Waals surface area (Å²) in [6.45, 7) is 5.45. The van der Waals surface area contributed by atoms with Crippen molar-refractivity contribution in [2.24, 2.45) is 0 Å². The van der Waals surface area contributed by atoms with Crippen LogP contribution in [0.5, 0.6) is 0 Å². The fourth-order valence-corrected chi connectivity index (χ4v) is 3.59. The van der Waals surface area contributed by atoms with E-state index >= 15 is 0 Å². The minimum atomic E-state index is -0.124. The molecule has 0 aliphatic carbocycles. The van der Waals surface area contributed by atoms with Crippen molar-refractivity contribution in [1.29, 1.82) is 0 Å². The van der Waals surface area contributed by atoms with Crippen LogP contribution in [-0.4, -0.2) is 47.0 Å². The summed E-state index contributed by atoms with van der Waals surface area (Å²) < 4.78 is 7.26. The number of nitrogens with zero attached hydrogens (tertiary/aromatic N) is 4. The molecule has 1 aliphatic heterocycles. The zero-order chi connectivity index (χ0) is 20.1. The number of carbonyl (C=O) groups excluding carboxylic acids is 1. The third-order valence-electron chi connectivity index (χ3n) is 5.07. The van der Waals surface area contributed by atoms with Gasteiger partial charge in [0.2, 0.25) is 0 Å². The Labute approximate surface area is 170 Å². The number of anilines is 1. The number of morpholine rings is 1. The Balaban J connectivity index is 1.51. The number of hydrogen-bond donors (Lipinski definition) is 1. The van der Waals surface area contributed by atoms with Gasteiger partial charge in [-0.3, -0.25) is 4.79 Å². The molecule has 7 nitrogen and oxygen atoms in total. The van der Waals surface area contributed by atoms with E-state index in [2.05, 4.69) is 20.3 Å². The summed E-state index contributed by atoms with van der Waals surface area (Å²) in [5, 5.41) is 7.49. The number of pyridine rings is 1. The summed E-state index contributed by atoms with van der Waals surface area (Å²) >= 11 is 0. The molecule has 0 radical (unpaired) electrons. The van der Waals surface area contributed by atoms with Crippen molar-refractivity contribution in [3.63, 3.8) is 0 Å². The van der Waals surface area contributed by atoms with Crippen molar-refractivity contribution >= 4 is 11.7 Å². The molecule has 1 saturated heterocycles. The second-order valence-electron chi connectivity index (χ2n) is 6.87. The molecule has 150 valence electrons. The lowest BCUT2D eigenvalue weighted by Gasteiger charge is -2.29. The summed E-state index contributed by atoms with van der Waals surface area (Å²) in [5.74, 6) is 0.785. The molecule has 0 spiro atoms. The van der Waals surface area contributed by atoms with Crippen LogP contribution in [0.15, 0.2) is 54.9 Å². The quantitative estimate of drug-likeness (QED) is 0.699. The summed E-state index contributed by atoms with van der Waals surface area (Å²) in [6.07, 6.45) is 4.14. The van der Waals surface area contributed by atoms with E-state index < -0.39 is 0 Å².